The molecule has 0 unspecified atom stereocenters. The molecule has 2 aromatic carbocycles. The lowest BCUT2D eigenvalue weighted by molar-refractivity contribution is -0.131. The Labute approximate surface area is 271 Å². The minimum absolute atomic E-state index is 0.0218. The SMILES string of the molecule is COc1c(I)cc(C[C@H](Nc2nc3ccc(NC(=O)CN4CCOCC4)c(C)c3c(=O)o2)C(=O)N2CCCC2)cc1I. The van der Waals surface area contributed by atoms with Gasteiger partial charge in [-0.15, -0.1) is 0 Å². The largest absolute Gasteiger partial charge is 0.495 e. The molecule has 5 rings (SSSR count). The summed E-state index contributed by atoms with van der Waals surface area (Å²) in [4.78, 5) is 47.9. The number of carbonyl (C=O) groups excluding carboxylic acids is 2. The third kappa shape index (κ3) is 7.17. The van der Waals surface area contributed by atoms with Crippen LogP contribution < -0.4 is 21.0 Å². The fraction of sp³-hybridized carbons (Fsp3) is 0.448. The fourth-order valence-electron chi connectivity index (χ4n) is 5.34. The van der Waals surface area contributed by atoms with E-state index in [1.807, 2.05) is 21.9 Å². The van der Waals surface area contributed by atoms with Crippen LogP contribution in [0.3, 0.4) is 0 Å². The minimum atomic E-state index is -0.684. The molecule has 1 atom stereocenters. The Morgan fingerprint density at radius 3 is 2.45 bits per heavy atom. The van der Waals surface area contributed by atoms with Gasteiger partial charge >= 0.3 is 5.63 Å². The van der Waals surface area contributed by atoms with Gasteiger partial charge in [0.05, 0.1) is 44.9 Å². The first-order chi connectivity index (χ1) is 20.2. The number of nitrogens with one attached hydrogen (secondary N) is 2. The molecule has 13 heteroatoms. The number of carbonyl (C=O) groups is 2. The monoisotopic (exact) mass is 801 g/mol. The number of halogens is 2. The molecular weight excluding hydrogens is 768 g/mol. The van der Waals surface area contributed by atoms with E-state index in [-0.39, 0.29) is 29.8 Å². The first-order valence-corrected chi connectivity index (χ1v) is 16.0. The number of hydrogen-bond donors (Lipinski definition) is 2. The molecular formula is C29H33I2N5O6. The summed E-state index contributed by atoms with van der Waals surface area (Å²) in [6.45, 7) is 6.01. The molecule has 3 aromatic rings. The van der Waals surface area contributed by atoms with Gasteiger partial charge in [0.2, 0.25) is 11.8 Å². The quantitative estimate of drug-likeness (QED) is 0.313. The average Bonchev–Trinajstić information content (AvgIpc) is 3.49. The Morgan fingerprint density at radius 1 is 1.10 bits per heavy atom. The summed E-state index contributed by atoms with van der Waals surface area (Å²) >= 11 is 4.45. The maximum absolute atomic E-state index is 13.6. The van der Waals surface area contributed by atoms with Crippen molar-refractivity contribution in [2.45, 2.75) is 32.2 Å². The number of hydrogen-bond acceptors (Lipinski definition) is 9. The zero-order chi connectivity index (χ0) is 29.8. The highest BCUT2D eigenvalue weighted by Gasteiger charge is 2.29. The highest BCUT2D eigenvalue weighted by molar-refractivity contribution is 14.1. The Kier molecular flexibility index (Phi) is 10.2. The van der Waals surface area contributed by atoms with Crippen LogP contribution in [0.4, 0.5) is 11.7 Å². The summed E-state index contributed by atoms with van der Waals surface area (Å²) in [7, 11) is 1.64. The van der Waals surface area contributed by atoms with Crippen LogP contribution >= 0.6 is 45.2 Å². The van der Waals surface area contributed by atoms with Crippen LogP contribution in [0.2, 0.25) is 0 Å². The number of aryl methyl sites for hydroxylation is 1. The molecule has 0 aliphatic carbocycles. The zero-order valence-electron chi connectivity index (χ0n) is 23.5. The number of morpholine rings is 1. The van der Waals surface area contributed by atoms with Crippen LogP contribution in [-0.2, 0) is 20.7 Å². The van der Waals surface area contributed by atoms with Gasteiger partial charge in [0.15, 0.2) is 0 Å². The summed E-state index contributed by atoms with van der Waals surface area (Å²) in [5.74, 6) is 0.568. The van der Waals surface area contributed by atoms with Crippen molar-refractivity contribution in [2.24, 2.45) is 0 Å². The molecule has 11 nitrogen and oxygen atoms in total. The summed E-state index contributed by atoms with van der Waals surface area (Å²) in [6, 6.07) is 6.70. The maximum Gasteiger partial charge on any atom is 0.348 e. The molecule has 2 saturated heterocycles. The van der Waals surface area contributed by atoms with Crippen molar-refractivity contribution in [3.05, 3.63) is 53.0 Å². The molecule has 1 aromatic heterocycles. The molecule has 0 radical (unpaired) electrons. The number of benzene rings is 2. The molecule has 2 amide bonds. The van der Waals surface area contributed by atoms with E-state index < -0.39 is 11.7 Å². The van der Waals surface area contributed by atoms with E-state index in [0.717, 1.165) is 31.3 Å². The van der Waals surface area contributed by atoms with Gasteiger partial charge in [-0.05, 0) is 100 Å². The number of anilines is 2. The van der Waals surface area contributed by atoms with Crippen molar-refractivity contribution in [1.82, 2.24) is 14.8 Å². The predicted molar refractivity (Wildman–Crippen MR) is 176 cm³/mol. The van der Waals surface area contributed by atoms with Crippen molar-refractivity contribution in [3.63, 3.8) is 0 Å². The number of rotatable bonds is 9. The molecule has 0 bridgehead atoms. The lowest BCUT2D eigenvalue weighted by Gasteiger charge is -2.26. The second kappa shape index (κ2) is 13.9. The van der Waals surface area contributed by atoms with Gasteiger partial charge in [-0.1, -0.05) is 0 Å². The second-order valence-electron chi connectivity index (χ2n) is 10.4. The number of aromatic nitrogens is 1. The molecule has 2 fully saturated rings. The Hall–Kier alpha value is -2.50. The Morgan fingerprint density at radius 2 is 1.79 bits per heavy atom. The molecule has 2 aliphatic heterocycles. The van der Waals surface area contributed by atoms with Crippen molar-refractivity contribution in [2.75, 3.05) is 63.7 Å². The third-order valence-electron chi connectivity index (χ3n) is 7.52. The fourth-order valence-corrected chi connectivity index (χ4v) is 7.67. The van der Waals surface area contributed by atoms with E-state index in [0.29, 0.717) is 62.6 Å². The minimum Gasteiger partial charge on any atom is -0.495 e. The maximum atomic E-state index is 13.6. The van der Waals surface area contributed by atoms with E-state index in [2.05, 4.69) is 60.8 Å². The summed E-state index contributed by atoms with van der Waals surface area (Å²) in [5, 5.41) is 6.32. The standard InChI is InChI=1S/C29H33I2N5O6/c1-17-21(32-24(37)16-35-9-11-41-12-10-35)5-6-22-25(17)28(39)42-29(33-22)34-23(27(38)36-7-3-4-8-36)15-18-13-19(30)26(40-2)20(31)14-18/h5-6,13-14,23H,3-4,7-12,15-16H2,1-2H3,(H,32,37)(H,33,34)/t23-/m0/s1. The van der Waals surface area contributed by atoms with Crippen molar-refractivity contribution >= 4 is 79.6 Å². The third-order valence-corrected chi connectivity index (χ3v) is 9.12. The van der Waals surface area contributed by atoms with Gasteiger partial charge in [0.25, 0.3) is 6.01 Å². The summed E-state index contributed by atoms with van der Waals surface area (Å²) < 4.78 is 18.3. The van der Waals surface area contributed by atoms with E-state index >= 15 is 0 Å². The van der Waals surface area contributed by atoms with Crippen molar-refractivity contribution in [3.8, 4) is 5.75 Å². The number of fused-ring (bicyclic) bond motifs is 1. The first kappa shape index (κ1) is 30.9. The predicted octanol–water partition coefficient (Wildman–Crippen LogP) is 3.63. The molecule has 42 heavy (non-hydrogen) atoms. The van der Waals surface area contributed by atoms with Crippen molar-refractivity contribution in [1.29, 1.82) is 0 Å². The highest BCUT2D eigenvalue weighted by atomic mass is 127. The number of ether oxygens (including phenoxy) is 2. The van der Waals surface area contributed by atoms with E-state index in [1.54, 1.807) is 26.2 Å². The number of methoxy groups -OCH3 is 1. The van der Waals surface area contributed by atoms with Gasteiger partial charge in [-0.2, -0.15) is 4.98 Å². The topological polar surface area (TPSA) is 126 Å². The number of nitrogens with zero attached hydrogens (tertiary/aromatic N) is 3. The van der Waals surface area contributed by atoms with Crippen LogP contribution in [-0.4, -0.2) is 85.7 Å². The second-order valence-corrected chi connectivity index (χ2v) is 12.7. The normalized spacial score (nSPS) is 16.4. The van der Waals surface area contributed by atoms with Gasteiger partial charge in [0, 0.05) is 38.3 Å². The number of likely N-dealkylation sites (tertiary alicyclic amines) is 1. The molecule has 2 N–H and O–H groups in total. The molecule has 3 heterocycles. The smallest absolute Gasteiger partial charge is 0.348 e. The van der Waals surface area contributed by atoms with Gasteiger partial charge < -0.3 is 29.4 Å². The van der Waals surface area contributed by atoms with Crippen LogP contribution in [0, 0.1) is 14.1 Å². The van der Waals surface area contributed by atoms with E-state index in [4.69, 9.17) is 13.9 Å². The first-order valence-electron chi connectivity index (χ1n) is 13.8. The van der Waals surface area contributed by atoms with Gasteiger partial charge in [-0.3, -0.25) is 14.5 Å². The van der Waals surface area contributed by atoms with E-state index in [1.165, 1.54) is 0 Å². The van der Waals surface area contributed by atoms with Gasteiger partial charge in [0.1, 0.15) is 11.8 Å². The average molecular weight is 801 g/mol. The van der Waals surface area contributed by atoms with Crippen LogP contribution in [0.25, 0.3) is 10.9 Å². The molecule has 224 valence electrons. The van der Waals surface area contributed by atoms with E-state index in [9.17, 15) is 14.4 Å². The van der Waals surface area contributed by atoms with Gasteiger partial charge in [-0.25, -0.2) is 4.79 Å². The molecule has 0 spiro atoms. The van der Waals surface area contributed by atoms with Crippen molar-refractivity contribution < 1.29 is 23.5 Å². The Balaban J connectivity index is 1.38. The summed E-state index contributed by atoms with van der Waals surface area (Å²) in [5.41, 5.74) is 1.87. The Bertz CT molecular complexity index is 1510. The van der Waals surface area contributed by atoms with Crippen LogP contribution in [0.1, 0.15) is 24.0 Å². The molecule has 2 aliphatic rings. The lowest BCUT2D eigenvalue weighted by atomic mass is 10.0. The lowest BCUT2D eigenvalue weighted by Crippen LogP contribution is -2.43. The zero-order valence-corrected chi connectivity index (χ0v) is 27.8. The molecule has 0 saturated carbocycles. The number of amides is 2. The highest BCUT2D eigenvalue weighted by Crippen LogP contribution is 2.30. The van der Waals surface area contributed by atoms with Crippen LogP contribution in [0.15, 0.2) is 33.5 Å². The summed E-state index contributed by atoms with van der Waals surface area (Å²) in [6.07, 6.45) is 2.30. The van der Waals surface area contributed by atoms with Crippen LogP contribution in [0.5, 0.6) is 5.75 Å².